The molecule has 0 saturated carbocycles. The third kappa shape index (κ3) is 4.28. The van der Waals surface area contributed by atoms with E-state index in [4.69, 9.17) is 11.6 Å². The molecule has 5 nitrogen and oxygen atoms in total. The third-order valence-electron chi connectivity index (χ3n) is 4.59. The van der Waals surface area contributed by atoms with Crippen molar-refractivity contribution in [1.29, 1.82) is 0 Å². The number of halogens is 2. The van der Waals surface area contributed by atoms with Crippen LogP contribution in [0.25, 0.3) is 0 Å². The zero-order valence-corrected chi connectivity index (χ0v) is 15.4. The Labute approximate surface area is 161 Å². The van der Waals surface area contributed by atoms with Crippen molar-refractivity contribution in [3.05, 3.63) is 64.9 Å². The second-order valence-corrected chi connectivity index (χ2v) is 7.01. The zero-order chi connectivity index (χ0) is 19.4. The van der Waals surface area contributed by atoms with E-state index in [2.05, 4.69) is 5.32 Å². The van der Waals surface area contributed by atoms with Crippen LogP contribution in [0.3, 0.4) is 0 Å². The first kappa shape index (κ1) is 19.3. The van der Waals surface area contributed by atoms with E-state index in [0.29, 0.717) is 30.6 Å². The lowest BCUT2D eigenvalue weighted by molar-refractivity contribution is -0.152. The van der Waals surface area contributed by atoms with Crippen LogP contribution in [-0.4, -0.2) is 29.1 Å². The molecule has 1 unspecified atom stereocenters. The van der Waals surface area contributed by atoms with Gasteiger partial charge in [0, 0.05) is 23.8 Å². The number of hydrogen-bond acceptors (Lipinski definition) is 3. The van der Waals surface area contributed by atoms with Gasteiger partial charge in [0.15, 0.2) is 0 Å². The monoisotopic (exact) mass is 390 g/mol. The lowest BCUT2D eigenvalue weighted by Gasteiger charge is -2.29. The molecule has 0 radical (unpaired) electrons. The van der Waals surface area contributed by atoms with Crippen molar-refractivity contribution < 1.29 is 19.1 Å². The average Bonchev–Trinajstić information content (AvgIpc) is 2.80. The van der Waals surface area contributed by atoms with E-state index in [9.17, 15) is 19.1 Å². The van der Waals surface area contributed by atoms with Gasteiger partial charge in [0.25, 0.3) is 11.8 Å². The Morgan fingerprint density at radius 1 is 1.22 bits per heavy atom. The quantitative estimate of drug-likeness (QED) is 0.788. The second-order valence-electron chi connectivity index (χ2n) is 6.57. The highest BCUT2D eigenvalue weighted by Crippen LogP contribution is 2.27. The number of rotatable bonds is 4. The Kier molecular flexibility index (Phi) is 5.77. The number of aliphatic hydroxyl groups is 1. The van der Waals surface area contributed by atoms with Crippen molar-refractivity contribution in [1.82, 2.24) is 5.32 Å². The summed E-state index contributed by atoms with van der Waals surface area (Å²) in [6.45, 7) is 0.384. The number of carbonyl (C=O) groups excluding carboxylic acids is 2. The number of benzene rings is 2. The van der Waals surface area contributed by atoms with E-state index >= 15 is 0 Å². The maximum absolute atomic E-state index is 13.4. The fourth-order valence-corrected chi connectivity index (χ4v) is 3.43. The molecule has 2 aromatic rings. The fraction of sp³-hybridized carbons (Fsp3) is 0.300. The van der Waals surface area contributed by atoms with Gasteiger partial charge >= 0.3 is 0 Å². The van der Waals surface area contributed by atoms with Gasteiger partial charge < -0.3 is 15.3 Å². The first-order chi connectivity index (χ1) is 12.9. The lowest BCUT2D eigenvalue weighted by atomic mass is 9.95. The minimum absolute atomic E-state index is 0.0326. The fourth-order valence-electron chi connectivity index (χ4n) is 3.19. The number of amides is 2. The summed E-state index contributed by atoms with van der Waals surface area (Å²) in [6.07, 6.45) is 1.24. The molecule has 0 aromatic heterocycles. The van der Waals surface area contributed by atoms with Gasteiger partial charge in [0.1, 0.15) is 5.82 Å². The van der Waals surface area contributed by atoms with E-state index in [0.717, 1.165) is 6.07 Å². The number of anilines is 1. The minimum Gasteiger partial charge on any atom is -0.372 e. The van der Waals surface area contributed by atoms with Crippen molar-refractivity contribution in [2.24, 2.45) is 0 Å². The molecule has 0 spiro atoms. The number of nitrogens with zero attached hydrogens (tertiary/aromatic N) is 1. The van der Waals surface area contributed by atoms with Gasteiger partial charge in [-0.2, -0.15) is 0 Å². The molecule has 0 bridgehead atoms. The number of hydrogen-bond donors (Lipinski definition) is 2. The minimum atomic E-state index is -2.16. The standard InChI is InChI=1S/C20H20ClFN2O3/c21-15-10-14(11-16(22)12-15)13-23-18(25)20(27)8-4-5-9-24(19(20)26)17-6-2-1-3-7-17/h1-3,6-7,10-12,27H,4-5,8-9,13H2,(H,23,25). The molecule has 1 atom stereocenters. The molecule has 1 fully saturated rings. The van der Waals surface area contributed by atoms with Crippen LogP contribution < -0.4 is 10.2 Å². The first-order valence-corrected chi connectivity index (χ1v) is 9.10. The second kappa shape index (κ2) is 8.06. The van der Waals surface area contributed by atoms with Crippen molar-refractivity contribution in [2.75, 3.05) is 11.4 Å². The van der Waals surface area contributed by atoms with Gasteiger partial charge in [-0.15, -0.1) is 0 Å². The summed E-state index contributed by atoms with van der Waals surface area (Å²) in [4.78, 5) is 27.1. The molecule has 3 rings (SSSR count). The summed E-state index contributed by atoms with van der Waals surface area (Å²) in [7, 11) is 0. The lowest BCUT2D eigenvalue weighted by Crippen LogP contribution is -2.57. The molecular weight excluding hydrogens is 371 g/mol. The molecule has 2 aromatic carbocycles. The number of nitrogens with one attached hydrogen (secondary N) is 1. The van der Waals surface area contributed by atoms with Gasteiger partial charge in [-0.1, -0.05) is 29.8 Å². The van der Waals surface area contributed by atoms with Crippen molar-refractivity contribution in [3.8, 4) is 0 Å². The Morgan fingerprint density at radius 3 is 2.67 bits per heavy atom. The van der Waals surface area contributed by atoms with E-state index in [1.807, 2.05) is 6.07 Å². The molecule has 7 heteroatoms. The highest BCUT2D eigenvalue weighted by Gasteiger charge is 2.47. The van der Waals surface area contributed by atoms with Crippen LogP contribution in [0.4, 0.5) is 10.1 Å². The van der Waals surface area contributed by atoms with Gasteiger partial charge in [-0.05, 0) is 55.2 Å². The molecule has 0 aliphatic carbocycles. The van der Waals surface area contributed by atoms with Gasteiger partial charge in [-0.25, -0.2) is 4.39 Å². The van der Waals surface area contributed by atoms with Crippen LogP contribution in [0, 0.1) is 5.82 Å². The largest absolute Gasteiger partial charge is 0.372 e. The van der Waals surface area contributed by atoms with Crippen LogP contribution in [0.2, 0.25) is 5.02 Å². The summed E-state index contributed by atoms with van der Waals surface area (Å²) in [5.41, 5.74) is -1.09. The zero-order valence-electron chi connectivity index (χ0n) is 14.6. The predicted octanol–water partition coefficient (Wildman–Crippen LogP) is 3.04. The van der Waals surface area contributed by atoms with Crippen LogP contribution >= 0.6 is 11.6 Å². The van der Waals surface area contributed by atoms with Crippen LogP contribution in [-0.2, 0) is 16.1 Å². The molecule has 142 valence electrons. The highest BCUT2D eigenvalue weighted by atomic mass is 35.5. The molecular formula is C20H20ClFN2O3. The van der Waals surface area contributed by atoms with Gasteiger partial charge in [0.05, 0.1) is 0 Å². The summed E-state index contributed by atoms with van der Waals surface area (Å²) < 4.78 is 13.4. The molecule has 2 amide bonds. The Morgan fingerprint density at radius 2 is 1.96 bits per heavy atom. The van der Waals surface area contributed by atoms with Gasteiger partial charge in [-0.3, -0.25) is 9.59 Å². The van der Waals surface area contributed by atoms with E-state index in [-0.39, 0.29) is 18.0 Å². The van der Waals surface area contributed by atoms with E-state index in [1.54, 1.807) is 24.3 Å². The van der Waals surface area contributed by atoms with E-state index in [1.165, 1.54) is 17.0 Å². The normalized spacial score (nSPS) is 20.3. The SMILES string of the molecule is O=C(NCc1cc(F)cc(Cl)c1)C1(O)CCCCN(c2ccccc2)C1=O. The predicted molar refractivity (Wildman–Crippen MR) is 101 cm³/mol. The first-order valence-electron chi connectivity index (χ1n) is 8.73. The van der Waals surface area contributed by atoms with Crippen molar-refractivity contribution in [3.63, 3.8) is 0 Å². The summed E-state index contributed by atoms with van der Waals surface area (Å²) in [5.74, 6) is -1.97. The van der Waals surface area contributed by atoms with Gasteiger partial charge in [0.2, 0.25) is 5.60 Å². The molecule has 1 aliphatic heterocycles. The Hall–Kier alpha value is -2.44. The third-order valence-corrected chi connectivity index (χ3v) is 4.81. The smallest absolute Gasteiger partial charge is 0.268 e. The topological polar surface area (TPSA) is 69.6 Å². The van der Waals surface area contributed by atoms with E-state index < -0.39 is 23.2 Å². The summed E-state index contributed by atoms with van der Waals surface area (Å²) in [5, 5.41) is 13.6. The highest BCUT2D eigenvalue weighted by molar-refractivity contribution is 6.30. The average molecular weight is 391 g/mol. The maximum atomic E-state index is 13.4. The van der Waals surface area contributed by atoms with Crippen molar-refractivity contribution in [2.45, 2.75) is 31.4 Å². The Bertz CT molecular complexity index is 826. The summed E-state index contributed by atoms with van der Waals surface area (Å²) in [6, 6.07) is 12.8. The van der Waals surface area contributed by atoms with Crippen molar-refractivity contribution >= 4 is 29.1 Å². The number of carbonyl (C=O) groups is 2. The van der Waals surface area contributed by atoms with Crippen LogP contribution in [0.15, 0.2) is 48.5 Å². The maximum Gasteiger partial charge on any atom is 0.268 e. The molecule has 27 heavy (non-hydrogen) atoms. The molecule has 1 heterocycles. The molecule has 2 N–H and O–H groups in total. The summed E-state index contributed by atoms with van der Waals surface area (Å²) >= 11 is 5.81. The van der Waals surface area contributed by atoms with Crippen LogP contribution in [0.5, 0.6) is 0 Å². The molecule has 1 saturated heterocycles. The molecule has 1 aliphatic rings. The Balaban J connectivity index is 1.77. The van der Waals surface area contributed by atoms with Crippen LogP contribution in [0.1, 0.15) is 24.8 Å². The number of para-hydroxylation sites is 1.